The van der Waals surface area contributed by atoms with Crippen LogP contribution >= 0.6 is 0 Å². The van der Waals surface area contributed by atoms with Crippen LogP contribution in [0.15, 0.2) is 0 Å². The fraction of sp³-hybridized carbons (Fsp3) is 0.917. The minimum Gasteiger partial charge on any atom is -0.394 e. The molecular formula is C12H23NO3. The highest BCUT2D eigenvalue weighted by molar-refractivity contribution is 5.75. The summed E-state index contributed by atoms with van der Waals surface area (Å²) < 4.78 is 5.47. The van der Waals surface area contributed by atoms with Gasteiger partial charge in [-0.25, -0.2) is 0 Å². The van der Waals surface area contributed by atoms with Gasteiger partial charge in [0.25, 0.3) is 0 Å². The fourth-order valence-electron chi connectivity index (χ4n) is 1.99. The fourth-order valence-corrected chi connectivity index (χ4v) is 1.99. The molecule has 1 fully saturated rings. The smallest absolute Gasteiger partial charge is 0.129 e. The summed E-state index contributed by atoms with van der Waals surface area (Å²) in [5.74, 6) is 0.267. The molecule has 1 N–H and O–H groups in total. The number of carbonyl (C=O) groups is 1. The van der Waals surface area contributed by atoms with Gasteiger partial charge < -0.3 is 14.6 Å². The highest BCUT2D eigenvalue weighted by Gasteiger charge is 2.24. The molecule has 1 aliphatic rings. The van der Waals surface area contributed by atoms with Crippen molar-refractivity contribution in [3.05, 3.63) is 0 Å². The minimum absolute atomic E-state index is 0.0380. The molecule has 94 valence electrons. The molecule has 1 saturated heterocycles. The molecule has 0 aromatic carbocycles. The van der Waals surface area contributed by atoms with Crippen molar-refractivity contribution in [3.8, 4) is 0 Å². The van der Waals surface area contributed by atoms with Gasteiger partial charge in [-0.15, -0.1) is 0 Å². The van der Waals surface area contributed by atoms with Crippen LogP contribution in [-0.4, -0.2) is 54.2 Å². The quantitative estimate of drug-likeness (QED) is 0.685. The molecule has 0 amide bonds. The van der Waals surface area contributed by atoms with Crippen molar-refractivity contribution in [1.82, 2.24) is 4.90 Å². The third-order valence-corrected chi connectivity index (χ3v) is 3.06. The highest BCUT2D eigenvalue weighted by Crippen LogP contribution is 2.12. The van der Waals surface area contributed by atoms with E-state index in [1.54, 1.807) is 6.92 Å². The van der Waals surface area contributed by atoms with Gasteiger partial charge in [-0.3, -0.25) is 4.90 Å². The molecule has 0 aromatic rings. The van der Waals surface area contributed by atoms with E-state index in [-0.39, 0.29) is 18.5 Å². The Labute approximate surface area is 97.6 Å². The van der Waals surface area contributed by atoms with Gasteiger partial charge in [0.2, 0.25) is 0 Å². The first-order valence-electron chi connectivity index (χ1n) is 6.09. The average molecular weight is 229 g/mol. The van der Waals surface area contributed by atoms with E-state index in [9.17, 15) is 4.79 Å². The summed E-state index contributed by atoms with van der Waals surface area (Å²) in [7, 11) is 0. The van der Waals surface area contributed by atoms with Crippen LogP contribution in [0.1, 0.15) is 33.1 Å². The average Bonchev–Trinajstić information content (AvgIpc) is 2.26. The van der Waals surface area contributed by atoms with Crippen molar-refractivity contribution < 1.29 is 14.6 Å². The van der Waals surface area contributed by atoms with Crippen LogP contribution in [0.4, 0.5) is 0 Å². The summed E-state index contributed by atoms with van der Waals surface area (Å²) in [5.41, 5.74) is 0. The predicted molar refractivity (Wildman–Crippen MR) is 62.4 cm³/mol. The molecule has 0 spiro atoms. The number of unbranched alkanes of at least 4 members (excludes halogenated alkanes) is 1. The molecule has 0 saturated carbocycles. The van der Waals surface area contributed by atoms with Crippen molar-refractivity contribution >= 4 is 5.78 Å². The van der Waals surface area contributed by atoms with Crippen LogP contribution in [0.25, 0.3) is 0 Å². The zero-order chi connectivity index (χ0) is 12.0. The predicted octanol–water partition coefficient (Wildman–Crippen LogP) is 0.827. The van der Waals surface area contributed by atoms with E-state index in [4.69, 9.17) is 9.84 Å². The third kappa shape index (κ3) is 4.60. The van der Waals surface area contributed by atoms with Crippen molar-refractivity contribution in [2.75, 3.05) is 26.3 Å². The van der Waals surface area contributed by atoms with Gasteiger partial charge >= 0.3 is 0 Å². The number of ether oxygens (including phenoxy) is 1. The van der Waals surface area contributed by atoms with Crippen LogP contribution in [0.2, 0.25) is 0 Å². The van der Waals surface area contributed by atoms with Crippen LogP contribution in [-0.2, 0) is 9.53 Å². The molecule has 1 rings (SSSR count). The molecule has 4 nitrogen and oxygen atoms in total. The van der Waals surface area contributed by atoms with E-state index in [1.165, 1.54) is 0 Å². The Balaban J connectivity index is 2.20. The molecule has 0 radical (unpaired) electrons. The second-order valence-corrected chi connectivity index (χ2v) is 4.64. The first-order valence-corrected chi connectivity index (χ1v) is 6.09. The van der Waals surface area contributed by atoms with E-state index >= 15 is 0 Å². The number of aliphatic hydroxyl groups is 1. The lowest BCUT2D eigenvalue weighted by atomic mass is 10.1. The lowest BCUT2D eigenvalue weighted by Crippen LogP contribution is -2.49. The standard InChI is InChI=1S/C12H23NO3/c1-10-9-16-12(8-14)7-13(10)6-4-3-5-11(2)15/h10,12,14H,3-9H2,1-2H3. The summed E-state index contributed by atoms with van der Waals surface area (Å²) >= 11 is 0. The molecule has 1 heterocycles. The van der Waals surface area contributed by atoms with Crippen molar-refractivity contribution in [1.29, 1.82) is 0 Å². The lowest BCUT2D eigenvalue weighted by molar-refractivity contribution is -0.117. The molecule has 0 bridgehead atoms. The maximum Gasteiger partial charge on any atom is 0.129 e. The number of morpholine rings is 1. The van der Waals surface area contributed by atoms with E-state index in [1.807, 2.05) is 0 Å². The van der Waals surface area contributed by atoms with E-state index in [0.29, 0.717) is 19.1 Å². The first-order chi connectivity index (χ1) is 7.63. The van der Waals surface area contributed by atoms with Gasteiger partial charge in [0, 0.05) is 19.0 Å². The number of Topliss-reactive ketones (excluding diaryl/α,β-unsaturated/α-hetero) is 1. The lowest BCUT2D eigenvalue weighted by Gasteiger charge is -2.37. The zero-order valence-corrected chi connectivity index (χ0v) is 10.3. The van der Waals surface area contributed by atoms with Crippen LogP contribution in [0.3, 0.4) is 0 Å². The maximum absolute atomic E-state index is 10.8. The molecule has 1 aliphatic heterocycles. The van der Waals surface area contributed by atoms with Crippen molar-refractivity contribution in [2.24, 2.45) is 0 Å². The van der Waals surface area contributed by atoms with Crippen LogP contribution in [0.5, 0.6) is 0 Å². The second-order valence-electron chi connectivity index (χ2n) is 4.64. The van der Waals surface area contributed by atoms with Gasteiger partial charge in [-0.2, -0.15) is 0 Å². The Kier molecular flexibility index (Phi) is 5.95. The van der Waals surface area contributed by atoms with Gasteiger partial charge in [-0.05, 0) is 33.2 Å². The number of ketones is 1. The van der Waals surface area contributed by atoms with Crippen molar-refractivity contribution in [2.45, 2.75) is 45.3 Å². The molecule has 16 heavy (non-hydrogen) atoms. The Morgan fingerprint density at radius 2 is 2.25 bits per heavy atom. The largest absolute Gasteiger partial charge is 0.394 e. The molecule has 2 unspecified atom stereocenters. The number of carbonyl (C=O) groups excluding carboxylic acids is 1. The third-order valence-electron chi connectivity index (χ3n) is 3.06. The molecule has 2 atom stereocenters. The Hall–Kier alpha value is -0.450. The van der Waals surface area contributed by atoms with Gasteiger partial charge in [0.1, 0.15) is 5.78 Å². The van der Waals surface area contributed by atoms with Gasteiger partial charge in [0.15, 0.2) is 0 Å². The molecular weight excluding hydrogens is 206 g/mol. The SMILES string of the molecule is CC(=O)CCCCN1CC(CO)OCC1C. The normalized spacial score (nSPS) is 26.9. The van der Waals surface area contributed by atoms with E-state index in [2.05, 4.69) is 11.8 Å². The first kappa shape index (κ1) is 13.6. The Morgan fingerprint density at radius 3 is 2.88 bits per heavy atom. The number of hydrogen-bond acceptors (Lipinski definition) is 4. The monoisotopic (exact) mass is 229 g/mol. The molecule has 0 aliphatic carbocycles. The zero-order valence-electron chi connectivity index (χ0n) is 10.3. The number of aliphatic hydroxyl groups excluding tert-OH is 1. The number of hydrogen-bond donors (Lipinski definition) is 1. The minimum atomic E-state index is -0.0380. The summed E-state index contributed by atoms with van der Waals surface area (Å²) in [6.45, 7) is 6.36. The summed E-state index contributed by atoms with van der Waals surface area (Å²) in [6, 6.07) is 0.417. The molecule has 0 aromatic heterocycles. The number of nitrogens with zero attached hydrogens (tertiary/aromatic N) is 1. The summed E-state index contributed by atoms with van der Waals surface area (Å²) in [6.07, 6.45) is 2.65. The highest BCUT2D eigenvalue weighted by atomic mass is 16.5. The van der Waals surface area contributed by atoms with Gasteiger partial charge in [-0.1, -0.05) is 0 Å². The summed E-state index contributed by atoms with van der Waals surface area (Å²) in [4.78, 5) is 13.1. The van der Waals surface area contributed by atoms with E-state index in [0.717, 1.165) is 25.9 Å². The Bertz CT molecular complexity index is 220. The second kappa shape index (κ2) is 6.99. The topological polar surface area (TPSA) is 49.8 Å². The van der Waals surface area contributed by atoms with Crippen LogP contribution < -0.4 is 0 Å². The molecule has 4 heteroatoms. The number of rotatable bonds is 6. The van der Waals surface area contributed by atoms with E-state index < -0.39 is 0 Å². The van der Waals surface area contributed by atoms with Crippen molar-refractivity contribution in [3.63, 3.8) is 0 Å². The Morgan fingerprint density at radius 1 is 1.50 bits per heavy atom. The summed E-state index contributed by atoms with van der Waals surface area (Å²) in [5, 5.41) is 9.04. The van der Waals surface area contributed by atoms with Gasteiger partial charge in [0.05, 0.1) is 19.3 Å². The maximum atomic E-state index is 10.8. The van der Waals surface area contributed by atoms with Crippen LogP contribution in [0, 0.1) is 0 Å².